The molecule has 0 aromatic rings. The van der Waals surface area contributed by atoms with Crippen molar-refractivity contribution in [2.75, 3.05) is 39.3 Å². The van der Waals surface area contributed by atoms with Gasteiger partial charge in [-0.15, -0.1) is 0 Å². The number of carbonyl (C=O) groups excluding carboxylic acids is 1. The topological polar surface area (TPSA) is 122 Å². The summed E-state index contributed by atoms with van der Waals surface area (Å²) in [5.74, 6) is -2.89. The summed E-state index contributed by atoms with van der Waals surface area (Å²) < 4.78 is 0. The van der Waals surface area contributed by atoms with Gasteiger partial charge in [-0.2, -0.15) is 0 Å². The van der Waals surface area contributed by atoms with Crippen molar-refractivity contribution >= 4 is 17.8 Å². The second-order valence-corrected chi connectivity index (χ2v) is 10.5. The van der Waals surface area contributed by atoms with Crippen LogP contribution in [-0.2, 0) is 14.4 Å². The molecule has 1 aliphatic carbocycles. The Morgan fingerprint density at radius 3 is 2.08 bits per heavy atom. The Kier molecular flexibility index (Phi) is 10.8. The highest BCUT2D eigenvalue weighted by Gasteiger charge is 2.34. The Morgan fingerprint density at radius 1 is 0.889 bits per heavy atom. The number of unbranched alkanes of at least 4 members (excludes halogenated alkanes) is 1. The van der Waals surface area contributed by atoms with Gasteiger partial charge in [0.1, 0.15) is 0 Å². The average Bonchev–Trinajstić information content (AvgIpc) is 2.84. The second-order valence-electron chi connectivity index (χ2n) is 10.5. The zero-order valence-electron chi connectivity index (χ0n) is 22.0. The Labute approximate surface area is 215 Å². The maximum absolute atomic E-state index is 12.3. The van der Waals surface area contributed by atoms with E-state index in [9.17, 15) is 24.6 Å². The molecule has 3 rings (SSSR count). The van der Waals surface area contributed by atoms with E-state index in [2.05, 4.69) is 20.4 Å². The van der Waals surface area contributed by atoms with Gasteiger partial charge in [-0.1, -0.05) is 25.7 Å². The van der Waals surface area contributed by atoms with Crippen molar-refractivity contribution in [1.29, 1.82) is 0 Å². The van der Waals surface area contributed by atoms with E-state index in [0.717, 1.165) is 45.2 Å². The molecule has 9 heteroatoms. The number of aliphatic carboxylic acids is 2. The zero-order chi connectivity index (χ0) is 26.1. The van der Waals surface area contributed by atoms with Gasteiger partial charge in [0.25, 0.3) is 0 Å². The van der Waals surface area contributed by atoms with Gasteiger partial charge >= 0.3 is 11.9 Å². The van der Waals surface area contributed by atoms with Crippen LogP contribution in [0.15, 0.2) is 22.5 Å². The van der Waals surface area contributed by atoms with Gasteiger partial charge in [0.2, 0.25) is 5.91 Å². The third-order valence-electron chi connectivity index (χ3n) is 7.96. The number of nitrogens with one attached hydrogen (secondary N) is 2. The number of rotatable bonds is 12. The number of carbonyl (C=O) groups is 3. The van der Waals surface area contributed by atoms with Gasteiger partial charge in [-0.25, -0.2) is 9.59 Å². The molecule has 0 unspecified atom stereocenters. The molecule has 3 aliphatic rings. The largest absolute Gasteiger partial charge is 0.478 e. The number of piperazine rings is 1. The molecule has 0 radical (unpaired) electrons. The number of hydrogen-bond acceptors (Lipinski definition) is 6. The minimum atomic E-state index is -1.11. The van der Waals surface area contributed by atoms with Crippen LogP contribution in [0.4, 0.5) is 0 Å². The molecular formula is C27H44N4O5. The molecule has 1 saturated carbocycles. The van der Waals surface area contributed by atoms with Crippen LogP contribution in [0.2, 0.25) is 0 Å². The van der Waals surface area contributed by atoms with Crippen molar-refractivity contribution in [2.45, 2.75) is 84.1 Å². The number of allylic oxidation sites excluding steroid dienone is 2. The zero-order valence-corrected chi connectivity index (χ0v) is 22.0. The summed E-state index contributed by atoms with van der Waals surface area (Å²) in [6.45, 7) is 9.51. The predicted molar refractivity (Wildman–Crippen MR) is 138 cm³/mol. The van der Waals surface area contributed by atoms with E-state index >= 15 is 0 Å². The quantitative estimate of drug-likeness (QED) is 0.299. The number of carboxylic acids is 2. The van der Waals surface area contributed by atoms with E-state index in [1.807, 2.05) is 0 Å². The van der Waals surface area contributed by atoms with Crippen LogP contribution in [0.3, 0.4) is 0 Å². The Hall–Kier alpha value is -2.39. The Balaban J connectivity index is 1.30. The summed E-state index contributed by atoms with van der Waals surface area (Å²) in [7, 11) is 0. The summed E-state index contributed by atoms with van der Waals surface area (Å²) in [5.41, 5.74) is 1.15. The van der Waals surface area contributed by atoms with Crippen LogP contribution in [-0.4, -0.2) is 83.2 Å². The molecule has 2 heterocycles. The molecule has 0 aromatic heterocycles. The highest BCUT2D eigenvalue weighted by molar-refractivity contribution is 5.96. The SMILES string of the molecule is CC1=C(C(=O)O)C(CCCCC(=O)NCCCN2CCN(C3CCCCC3)CC2)C(C(=O)O)=C(C)N1. The molecule has 9 nitrogen and oxygen atoms in total. The maximum atomic E-state index is 12.3. The normalized spacial score (nSPS) is 20.9. The predicted octanol–water partition coefficient (Wildman–Crippen LogP) is 2.94. The Bertz CT molecular complexity index is 818. The lowest BCUT2D eigenvalue weighted by molar-refractivity contribution is -0.134. The number of amides is 1. The van der Waals surface area contributed by atoms with Crippen LogP contribution in [0.5, 0.6) is 0 Å². The lowest BCUT2D eigenvalue weighted by Gasteiger charge is -2.40. The smallest absolute Gasteiger partial charge is 0.333 e. The molecule has 0 spiro atoms. The summed E-state index contributed by atoms with van der Waals surface area (Å²) in [6.07, 6.45) is 9.73. The average molecular weight is 505 g/mol. The number of nitrogens with zero attached hydrogens (tertiary/aromatic N) is 2. The number of hydrogen-bond donors (Lipinski definition) is 4. The van der Waals surface area contributed by atoms with Gasteiger partial charge in [-0.05, 0) is 52.5 Å². The maximum Gasteiger partial charge on any atom is 0.333 e. The van der Waals surface area contributed by atoms with E-state index in [1.54, 1.807) is 13.8 Å². The van der Waals surface area contributed by atoms with Gasteiger partial charge in [0.15, 0.2) is 0 Å². The standard InChI is InChI=1S/C27H44N4O5/c1-19-24(26(33)34)22(25(27(35)36)20(2)29-19)11-6-7-12-23(32)28-13-8-14-30-15-17-31(18-16-30)21-9-4-3-5-10-21/h21-22,29H,3-18H2,1-2H3,(H,28,32)(H,33,34)(H,35,36). The molecule has 0 aromatic carbocycles. The molecule has 2 fully saturated rings. The van der Waals surface area contributed by atoms with Crippen LogP contribution in [0, 0.1) is 5.92 Å². The monoisotopic (exact) mass is 504 g/mol. The van der Waals surface area contributed by atoms with Crippen molar-refractivity contribution in [1.82, 2.24) is 20.4 Å². The molecule has 4 N–H and O–H groups in total. The molecule has 0 bridgehead atoms. The second kappa shape index (κ2) is 13.8. The van der Waals surface area contributed by atoms with E-state index in [1.165, 1.54) is 32.1 Å². The minimum absolute atomic E-state index is 0.00205. The highest BCUT2D eigenvalue weighted by Crippen LogP contribution is 2.34. The first-order valence-electron chi connectivity index (χ1n) is 13.7. The van der Waals surface area contributed by atoms with Gasteiger partial charge in [0.05, 0.1) is 11.1 Å². The summed E-state index contributed by atoms with van der Waals surface area (Å²) in [6, 6.07) is 0.793. The van der Waals surface area contributed by atoms with E-state index in [0.29, 0.717) is 43.6 Å². The van der Waals surface area contributed by atoms with Crippen molar-refractivity contribution in [3.05, 3.63) is 22.5 Å². The van der Waals surface area contributed by atoms with Crippen molar-refractivity contribution < 1.29 is 24.6 Å². The lowest BCUT2D eigenvalue weighted by Crippen LogP contribution is -2.51. The molecule has 1 amide bonds. The third-order valence-corrected chi connectivity index (χ3v) is 7.96. The molecule has 0 atom stereocenters. The summed E-state index contributed by atoms with van der Waals surface area (Å²) in [5, 5.41) is 25.1. The number of carboxylic acid groups (broad SMARTS) is 2. The fraction of sp³-hybridized carbons (Fsp3) is 0.741. The summed E-state index contributed by atoms with van der Waals surface area (Å²) >= 11 is 0. The van der Waals surface area contributed by atoms with E-state index in [-0.39, 0.29) is 17.1 Å². The third kappa shape index (κ3) is 7.80. The van der Waals surface area contributed by atoms with Crippen molar-refractivity contribution in [3.8, 4) is 0 Å². The molecule has 202 valence electrons. The van der Waals surface area contributed by atoms with Crippen molar-refractivity contribution in [3.63, 3.8) is 0 Å². The van der Waals surface area contributed by atoms with Crippen LogP contribution < -0.4 is 10.6 Å². The molecular weight excluding hydrogens is 460 g/mol. The van der Waals surface area contributed by atoms with Gasteiger partial charge < -0.3 is 25.7 Å². The highest BCUT2D eigenvalue weighted by atomic mass is 16.4. The van der Waals surface area contributed by atoms with Gasteiger partial charge in [0, 0.05) is 62.5 Å². The molecule has 36 heavy (non-hydrogen) atoms. The van der Waals surface area contributed by atoms with Crippen LogP contribution >= 0.6 is 0 Å². The lowest BCUT2D eigenvalue weighted by atomic mass is 9.82. The van der Waals surface area contributed by atoms with E-state index in [4.69, 9.17) is 0 Å². The van der Waals surface area contributed by atoms with Crippen LogP contribution in [0.1, 0.15) is 78.1 Å². The first-order chi connectivity index (χ1) is 17.3. The summed E-state index contributed by atoms with van der Waals surface area (Å²) in [4.78, 5) is 40.9. The molecule has 1 saturated heterocycles. The first-order valence-corrected chi connectivity index (χ1v) is 13.7. The van der Waals surface area contributed by atoms with Gasteiger partial charge in [-0.3, -0.25) is 9.69 Å². The van der Waals surface area contributed by atoms with Crippen LogP contribution in [0.25, 0.3) is 0 Å². The van der Waals surface area contributed by atoms with Crippen molar-refractivity contribution in [2.24, 2.45) is 5.92 Å². The Morgan fingerprint density at radius 2 is 1.50 bits per heavy atom. The fourth-order valence-corrected chi connectivity index (χ4v) is 6.04. The van der Waals surface area contributed by atoms with E-state index < -0.39 is 17.9 Å². The molecule has 2 aliphatic heterocycles. The first kappa shape index (κ1) is 28.2. The number of dihydropyridines is 1. The minimum Gasteiger partial charge on any atom is -0.478 e. The fourth-order valence-electron chi connectivity index (χ4n) is 6.04.